The van der Waals surface area contributed by atoms with Crippen LogP contribution in [0.4, 0.5) is 0 Å². The molecular weight excluding hydrogens is 408 g/mol. The van der Waals surface area contributed by atoms with E-state index in [1.54, 1.807) is 20.2 Å². The Balaban J connectivity index is 0.000000213. The molecule has 0 fully saturated rings. The summed E-state index contributed by atoms with van der Waals surface area (Å²) >= 11 is 0. The van der Waals surface area contributed by atoms with E-state index in [0.29, 0.717) is 6.42 Å². The molecule has 32 heavy (non-hydrogen) atoms. The van der Waals surface area contributed by atoms with Gasteiger partial charge in [-0.3, -0.25) is 24.0 Å². The molecule has 2 aromatic rings. The molecule has 0 radical (unpaired) electrons. The van der Waals surface area contributed by atoms with Crippen LogP contribution >= 0.6 is 0 Å². The number of hydrogen-bond acceptors (Lipinski definition) is 6. The highest BCUT2D eigenvalue weighted by Crippen LogP contribution is 2.13. The molecule has 4 rings (SSSR count). The summed E-state index contributed by atoms with van der Waals surface area (Å²) in [7, 11) is 7.22. The summed E-state index contributed by atoms with van der Waals surface area (Å²) in [5.41, 5.74) is 6.35. The molecule has 2 aliphatic rings. The van der Waals surface area contributed by atoms with Gasteiger partial charge in [-0.25, -0.2) is 5.01 Å². The van der Waals surface area contributed by atoms with Crippen LogP contribution in [0.2, 0.25) is 0 Å². The predicted molar refractivity (Wildman–Crippen MR) is 129 cm³/mol. The molecule has 1 N–H and O–H groups in total. The molecule has 2 aliphatic heterocycles. The van der Waals surface area contributed by atoms with Gasteiger partial charge in [0.05, 0.1) is 12.1 Å². The second-order valence-electron chi connectivity index (χ2n) is 7.92. The van der Waals surface area contributed by atoms with Crippen molar-refractivity contribution >= 4 is 17.3 Å². The van der Waals surface area contributed by atoms with Gasteiger partial charge in [0, 0.05) is 69.2 Å². The van der Waals surface area contributed by atoms with E-state index in [0.717, 1.165) is 34.9 Å². The zero-order valence-corrected chi connectivity index (χ0v) is 20.7. The number of aromatic nitrogens is 4. The number of hydrogen-bond donors (Lipinski definition) is 1. The van der Waals surface area contributed by atoms with Gasteiger partial charge in [0.1, 0.15) is 0 Å². The number of nitrogens with zero attached hydrogens (tertiary/aromatic N) is 7. The summed E-state index contributed by atoms with van der Waals surface area (Å²) in [6, 6.07) is 3.61. The van der Waals surface area contributed by atoms with Gasteiger partial charge in [0.2, 0.25) is 5.91 Å². The summed E-state index contributed by atoms with van der Waals surface area (Å²) in [5.74, 6) is 0.0856. The summed E-state index contributed by atoms with van der Waals surface area (Å²) in [5, 5.41) is 18.1. The first-order valence-corrected chi connectivity index (χ1v) is 10.3. The average molecular weight is 445 g/mol. The number of allylic oxidation sites excluding steroid dienone is 1. The number of aryl methyl sites for hydroxylation is 5. The molecule has 0 saturated heterocycles. The maximum absolute atomic E-state index is 10.6. The van der Waals surface area contributed by atoms with Crippen molar-refractivity contribution in [3.63, 3.8) is 0 Å². The number of hydrazone groups is 2. The topological polar surface area (TPSA) is 104 Å². The molecule has 10 nitrogen and oxygen atoms in total. The number of amides is 1. The highest BCUT2D eigenvalue weighted by Gasteiger charge is 2.15. The van der Waals surface area contributed by atoms with E-state index in [9.17, 15) is 9.59 Å². The lowest BCUT2D eigenvalue weighted by molar-refractivity contribution is -0.127. The van der Waals surface area contributed by atoms with Gasteiger partial charge in [-0.1, -0.05) is 6.58 Å². The molecule has 0 spiro atoms. The van der Waals surface area contributed by atoms with Crippen LogP contribution < -0.4 is 5.56 Å². The number of H-pyrrole nitrogens is 1. The summed E-state index contributed by atoms with van der Waals surface area (Å²) in [6.45, 7) is 13.5. The third-order valence-corrected chi connectivity index (χ3v) is 4.58. The molecule has 0 atom stereocenters. The zero-order chi connectivity index (χ0) is 24.6. The van der Waals surface area contributed by atoms with Crippen molar-refractivity contribution in [3.05, 3.63) is 51.8 Å². The van der Waals surface area contributed by atoms with Crippen LogP contribution in [0.5, 0.6) is 0 Å². The molecule has 0 saturated carbocycles. The highest BCUT2D eigenvalue weighted by molar-refractivity contribution is 6.03. The van der Waals surface area contributed by atoms with Crippen LogP contribution in [0, 0.1) is 20.8 Å². The standard InChI is InChI=1S/2C6H10N2.2C5H8N2O/c2*1-5-4-6(2)8(3)7-5;2*1-4-3-5(8)7(2)6-4/h4H,1-3H3;2,4H2,1,3H3;3H2,1-2H3;3,6H,1-2H3. The minimum absolute atomic E-state index is 0.0162. The molecule has 0 bridgehead atoms. The fraction of sp³-hybridized carbons (Fsp3) is 0.500. The average Bonchev–Trinajstić information content (AvgIpc) is 3.32. The van der Waals surface area contributed by atoms with E-state index in [4.69, 9.17) is 0 Å². The number of rotatable bonds is 0. The Hall–Kier alpha value is -3.43. The SMILES string of the molecule is C=C1CC(C)=NN1C.CC1=NN(C)C(=O)C1.Cc1cc(=O)n(C)[nH]1.Cc1cc(C)n(C)n1. The lowest BCUT2D eigenvalue weighted by Gasteiger charge is -2.04. The van der Waals surface area contributed by atoms with E-state index in [1.807, 2.05) is 58.4 Å². The van der Waals surface area contributed by atoms with Crippen molar-refractivity contribution < 1.29 is 4.79 Å². The van der Waals surface area contributed by atoms with Crippen molar-refractivity contribution in [2.24, 2.45) is 24.3 Å². The molecule has 2 aromatic heterocycles. The van der Waals surface area contributed by atoms with Gasteiger partial charge >= 0.3 is 0 Å². The normalized spacial score (nSPS) is 14.7. The van der Waals surface area contributed by atoms with Crippen LogP contribution in [-0.4, -0.2) is 61.0 Å². The van der Waals surface area contributed by atoms with Gasteiger partial charge in [-0.2, -0.15) is 15.3 Å². The van der Waals surface area contributed by atoms with Gasteiger partial charge in [-0.05, 0) is 40.7 Å². The second kappa shape index (κ2) is 11.8. The number of carbonyl (C=O) groups is 1. The molecule has 4 heterocycles. The lowest BCUT2D eigenvalue weighted by atomic mass is 10.3. The Kier molecular flexibility index (Phi) is 9.83. The summed E-state index contributed by atoms with van der Waals surface area (Å²) in [4.78, 5) is 21.2. The van der Waals surface area contributed by atoms with Crippen LogP contribution in [-0.2, 0) is 18.9 Å². The largest absolute Gasteiger partial charge is 0.300 e. The predicted octanol–water partition coefficient (Wildman–Crippen LogP) is 2.49. The Bertz CT molecular complexity index is 999. The number of nitrogens with one attached hydrogen (secondary N) is 1. The Labute approximate surface area is 189 Å². The minimum atomic E-state index is 0.0162. The first kappa shape index (κ1) is 26.6. The van der Waals surface area contributed by atoms with Gasteiger partial charge in [-0.15, -0.1) is 0 Å². The zero-order valence-electron chi connectivity index (χ0n) is 20.7. The van der Waals surface area contributed by atoms with Crippen LogP contribution in [0.25, 0.3) is 0 Å². The van der Waals surface area contributed by atoms with Crippen LogP contribution in [0.15, 0.2) is 39.4 Å². The van der Waals surface area contributed by atoms with Crippen molar-refractivity contribution in [1.82, 2.24) is 29.6 Å². The number of aromatic amines is 1. The van der Waals surface area contributed by atoms with E-state index in [1.165, 1.54) is 15.4 Å². The summed E-state index contributed by atoms with van der Waals surface area (Å²) in [6.07, 6.45) is 1.44. The van der Waals surface area contributed by atoms with Crippen molar-refractivity contribution in [2.75, 3.05) is 14.1 Å². The number of carbonyl (C=O) groups excluding carboxylic acids is 1. The molecule has 0 aromatic carbocycles. The molecule has 10 heteroatoms. The van der Waals surface area contributed by atoms with E-state index in [-0.39, 0.29) is 11.5 Å². The summed E-state index contributed by atoms with van der Waals surface area (Å²) < 4.78 is 3.31. The van der Waals surface area contributed by atoms with Crippen molar-refractivity contribution in [3.8, 4) is 0 Å². The molecule has 0 unspecified atom stereocenters. The van der Waals surface area contributed by atoms with Crippen molar-refractivity contribution in [1.29, 1.82) is 0 Å². The fourth-order valence-electron chi connectivity index (χ4n) is 2.83. The fourth-order valence-corrected chi connectivity index (χ4v) is 2.83. The molecule has 0 aliphatic carbocycles. The van der Waals surface area contributed by atoms with E-state index >= 15 is 0 Å². The van der Waals surface area contributed by atoms with Gasteiger partial charge < -0.3 is 5.10 Å². The second-order valence-corrected chi connectivity index (χ2v) is 7.92. The third kappa shape index (κ3) is 8.75. The smallest absolute Gasteiger partial charge is 0.266 e. The Morgan fingerprint density at radius 1 is 0.875 bits per heavy atom. The van der Waals surface area contributed by atoms with Crippen LogP contribution in [0.1, 0.15) is 43.8 Å². The quantitative estimate of drug-likeness (QED) is 0.674. The van der Waals surface area contributed by atoms with E-state index in [2.05, 4.69) is 33.0 Å². The third-order valence-electron chi connectivity index (χ3n) is 4.58. The van der Waals surface area contributed by atoms with Gasteiger partial charge in [0.25, 0.3) is 5.56 Å². The van der Waals surface area contributed by atoms with Crippen LogP contribution in [0.3, 0.4) is 0 Å². The molecule has 1 amide bonds. The first-order chi connectivity index (χ1) is 14.8. The van der Waals surface area contributed by atoms with Crippen molar-refractivity contribution in [2.45, 2.75) is 47.5 Å². The Morgan fingerprint density at radius 2 is 1.44 bits per heavy atom. The van der Waals surface area contributed by atoms with Gasteiger partial charge in [0.15, 0.2) is 0 Å². The lowest BCUT2D eigenvalue weighted by Crippen LogP contribution is -2.13. The minimum Gasteiger partial charge on any atom is -0.300 e. The Morgan fingerprint density at radius 3 is 1.56 bits per heavy atom. The highest BCUT2D eigenvalue weighted by atomic mass is 16.2. The first-order valence-electron chi connectivity index (χ1n) is 10.3. The maximum atomic E-state index is 10.6. The molecular formula is C22H36N8O2. The monoisotopic (exact) mass is 444 g/mol. The maximum Gasteiger partial charge on any atom is 0.266 e. The molecule has 176 valence electrons. The van der Waals surface area contributed by atoms with E-state index < -0.39 is 0 Å².